The van der Waals surface area contributed by atoms with E-state index >= 15 is 0 Å². The Bertz CT molecular complexity index is 492. The standard InChI is InChI=1S/C19H31NOS.C3H6/c1-4-17(5-2)6-7-18-8-9-19(22-18)21-15-14-20-12-10-16(3)11-13-20;1-3-2/h6,8-9,16H,4-5,7,10-15H2,1-3H3;3H,1H2,2H3. The fraction of sp³-hybridized carbons (Fsp3) is 0.636. The molecule has 0 N–H and O–H groups in total. The maximum Gasteiger partial charge on any atom is 0.174 e. The first-order chi connectivity index (χ1) is 12.1. The third-order valence-corrected chi connectivity index (χ3v) is 5.69. The molecule has 0 amide bonds. The van der Waals surface area contributed by atoms with E-state index in [-0.39, 0.29) is 0 Å². The quantitative estimate of drug-likeness (QED) is 0.500. The van der Waals surface area contributed by atoms with Crippen LogP contribution in [0.5, 0.6) is 5.06 Å². The van der Waals surface area contributed by atoms with Crippen LogP contribution < -0.4 is 4.74 Å². The predicted molar refractivity (Wildman–Crippen MR) is 113 cm³/mol. The predicted octanol–water partition coefficient (Wildman–Crippen LogP) is 6.34. The van der Waals surface area contributed by atoms with Crippen molar-refractivity contribution in [1.82, 2.24) is 4.90 Å². The second-order valence-electron chi connectivity index (χ2n) is 6.78. The van der Waals surface area contributed by atoms with Gasteiger partial charge in [0.25, 0.3) is 0 Å². The van der Waals surface area contributed by atoms with Crippen molar-refractivity contribution in [3.63, 3.8) is 0 Å². The minimum Gasteiger partial charge on any atom is -0.483 e. The van der Waals surface area contributed by atoms with Crippen LogP contribution in [0.4, 0.5) is 0 Å². The Labute approximate surface area is 159 Å². The Kier molecular flexibility index (Phi) is 11.6. The highest BCUT2D eigenvalue weighted by molar-refractivity contribution is 7.13. The fourth-order valence-electron chi connectivity index (χ4n) is 2.89. The maximum atomic E-state index is 5.93. The molecule has 0 radical (unpaired) electrons. The highest BCUT2D eigenvalue weighted by atomic mass is 32.1. The Morgan fingerprint density at radius 1 is 1.28 bits per heavy atom. The van der Waals surface area contributed by atoms with Gasteiger partial charge in [-0.25, -0.2) is 0 Å². The zero-order valence-electron chi connectivity index (χ0n) is 16.7. The summed E-state index contributed by atoms with van der Waals surface area (Å²) in [6.07, 6.45) is 10.2. The van der Waals surface area contributed by atoms with Crippen molar-refractivity contribution < 1.29 is 4.74 Å². The molecule has 0 saturated carbocycles. The third-order valence-electron chi connectivity index (χ3n) is 4.67. The van der Waals surface area contributed by atoms with Gasteiger partial charge in [-0.3, -0.25) is 4.90 Å². The van der Waals surface area contributed by atoms with E-state index in [4.69, 9.17) is 4.74 Å². The van der Waals surface area contributed by atoms with Gasteiger partial charge in [0.2, 0.25) is 0 Å². The Morgan fingerprint density at radius 3 is 2.52 bits per heavy atom. The molecule has 3 heteroatoms. The lowest BCUT2D eigenvalue weighted by molar-refractivity contribution is 0.162. The molecule has 0 unspecified atom stereocenters. The smallest absolute Gasteiger partial charge is 0.174 e. The number of thiophene rings is 1. The average molecular weight is 364 g/mol. The van der Waals surface area contributed by atoms with Gasteiger partial charge in [-0.1, -0.05) is 38.5 Å². The second-order valence-corrected chi connectivity index (χ2v) is 7.91. The van der Waals surface area contributed by atoms with Crippen molar-refractivity contribution in [2.24, 2.45) is 5.92 Å². The molecule has 142 valence electrons. The average Bonchev–Trinajstić information content (AvgIpc) is 3.06. The van der Waals surface area contributed by atoms with Gasteiger partial charge in [0.15, 0.2) is 5.06 Å². The summed E-state index contributed by atoms with van der Waals surface area (Å²) in [5.74, 6) is 0.904. The van der Waals surface area contributed by atoms with Crippen molar-refractivity contribution in [2.45, 2.75) is 59.8 Å². The summed E-state index contributed by atoms with van der Waals surface area (Å²) in [5.41, 5.74) is 1.55. The Balaban J connectivity index is 0.000000970. The van der Waals surface area contributed by atoms with Gasteiger partial charge < -0.3 is 4.74 Å². The van der Waals surface area contributed by atoms with Crippen molar-refractivity contribution in [2.75, 3.05) is 26.2 Å². The molecule has 2 heterocycles. The van der Waals surface area contributed by atoms with Crippen LogP contribution in [-0.4, -0.2) is 31.1 Å². The highest BCUT2D eigenvalue weighted by Gasteiger charge is 2.15. The van der Waals surface area contributed by atoms with Gasteiger partial charge in [0, 0.05) is 17.8 Å². The molecular weight excluding hydrogens is 326 g/mol. The van der Waals surface area contributed by atoms with Crippen LogP contribution in [0.25, 0.3) is 0 Å². The molecule has 1 saturated heterocycles. The van der Waals surface area contributed by atoms with Gasteiger partial charge >= 0.3 is 0 Å². The van der Waals surface area contributed by atoms with E-state index in [1.807, 2.05) is 6.92 Å². The van der Waals surface area contributed by atoms with E-state index in [1.165, 1.54) is 43.6 Å². The first-order valence-electron chi connectivity index (χ1n) is 9.81. The summed E-state index contributed by atoms with van der Waals surface area (Å²) in [6, 6.07) is 4.34. The van der Waals surface area contributed by atoms with Crippen LogP contribution in [0, 0.1) is 5.92 Å². The van der Waals surface area contributed by atoms with Crippen LogP contribution in [0.3, 0.4) is 0 Å². The number of piperidine rings is 1. The Hall–Kier alpha value is -1.06. The van der Waals surface area contributed by atoms with E-state index in [9.17, 15) is 0 Å². The van der Waals surface area contributed by atoms with Gasteiger partial charge in [0.1, 0.15) is 6.61 Å². The normalized spacial score (nSPS) is 15.2. The van der Waals surface area contributed by atoms with Gasteiger partial charge in [-0.15, -0.1) is 17.9 Å². The number of ether oxygens (including phenoxy) is 1. The van der Waals surface area contributed by atoms with E-state index in [2.05, 4.69) is 50.5 Å². The summed E-state index contributed by atoms with van der Waals surface area (Å²) < 4.78 is 5.93. The number of nitrogens with zero attached hydrogens (tertiary/aromatic N) is 1. The molecule has 2 rings (SSSR count). The first-order valence-corrected chi connectivity index (χ1v) is 10.6. The van der Waals surface area contributed by atoms with Crippen molar-refractivity contribution in [1.29, 1.82) is 0 Å². The molecule has 0 atom stereocenters. The lowest BCUT2D eigenvalue weighted by Gasteiger charge is -2.29. The molecule has 0 aliphatic carbocycles. The minimum absolute atomic E-state index is 0.819. The van der Waals surface area contributed by atoms with Crippen LogP contribution in [0.2, 0.25) is 0 Å². The summed E-state index contributed by atoms with van der Waals surface area (Å²) in [6.45, 7) is 16.4. The van der Waals surface area contributed by atoms with Crippen molar-refractivity contribution >= 4 is 11.3 Å². The lowest BCUT2D eigenvalue weighted by Crippen LogP contribution is -2.35. The number of rotatable bonds is 8. The summed E-state index contributed by atoms with van der Waals surface area (Å²) in [7, 11) is 0. The van der Waals surface area contributed by atoms with Crippen molar-refractivity contribution in [3.8, 4) is 5.06 Å². The minimum atomic E-state index is 0.819. The lowest BCUT2D eigenvalue weighted by atomic mass is 9.99. The van der Waals surface area contributed by atoms with Crippen LogP contribution in [0.1, 0.15) is 58.3 Å². The second kappa shape index (κ2) is 13.2. The van der Waals surface area contributed by atoms with E-state index < -0.39 is 0 Å². The number of allylic oxidation sites excluding steroid dienone is 3. The third kappa shape index (κ3) is 9.27. The molecule has 1 aliphatic heterocycles. The summed E-state index contributed by atoms with van der Waals surface area (Å²) >= 11 is 1.80. The molecule has 0 aromatic carbocycles. The zero-order valence-corrected chi connectivity index (χ0v) is 17.5. The first kappa shape index (κ1) is 22.0. The monoisotopic (exact) mass is 363 g/mol. The largest absolute Gasteiger partial charge is 0.483 e. The van der Waals surface area contributed by atoms with Gasteiger partial charge in [-0.05, 0) is 63.7 Å². The molecule has 0 spiro atoms. The zero-order chi connectivity index (χ0) is 18.5. The molecule has 0 bridgehead atoms. The topological polar surface area (TPSA) is 12.5 Å². The van der Waals surface area contributed by atoms with E-state index in [1.54, 1.807) is 23.0 Å². The number of hydrogen-bond donors (Lipinski definition) is 0. The SMILES string of the molecule is C=CC.CCC(=CCc1ccc(OCCN2CCC(C)CC2)s1)CC. The molecule has 2 nitrogen and oxygen atoms in total. The molecule has 1 aromatic rings. The van der Waals surface area contributed by atoms with Crippen LogP contribution in [-0.2, 0) is 6.42 Å². The number of likely N-dealkylation sites (tertiary alicyclic amines) is 1. The van der Waals surface area contributed by atoms with E-state index in [0.717, 1.165) is 30.6 Å². The van der Waals surface area contributed by atoms with E-state index in [0.29, 0.717) is 0 Å². The van der Waals surface area contributed by atoms with Crippen molar-refractivity contribution in [3.05, 3.63) is 41.3 Å². The van der Waals surface area contributed by atoms with Gasteiger partial charge in [-0.2, -0.15) is 0 Å². The fourth-order valence-corrected chi connectivity index (χ4v) is 3.73. The Morgan fingerprint density at radius 2 is 1.92 bits per heavy atom. The van der Waals surface area contributed by atoms with Crippen LogP contribution in [0.15, 0.2) is 36.4 Å². The molecule has 1 aromatic heterocycles. The summed E-state index contributed by atoms with van der Waals surface area (Å²) in [5, 5.41) is 1.07. The summed E-state index contributed by atoms with van der Waals surface area (Å²) in [4.78, 5) is 3.94. The number of hydrogen-bond acceptors (Lipinski definition) is 3. The highest BCUT2D eigenvalue weighted by Crippen LogP contribution is 2.26. The molecule has 25 heavy (non-hydrogen) atoms. The van der Waals surface area contributed by atoms with Crippen LogP contribution >= 0.6 is 11.3 Å². The molecule has 1 aliphatic rings. The van der Waals surface area contributed by atoms with Gasteiger partial charge in [0.05, 0.1) is 0 Å². The molecular formula is C22H37NOS. The molecule has 1 fully saturated rings. The maximum absolute atomic E-state index is 5.93.